The van der Waals surface area contributed by atoms with Gasteiger partial charge in [-0.15, -0.1) is 0 Å². The topological polar surface area (TPSA) is 26.0 Å². The number of nitrogens with zero attached hydrogens (tertiary/aromatic N) is 1. The van der Waals surface area contributed by atoms with Gasteiger partial charge in [0.15, 0.2) is 0 Å². The van der Waals surface area contributed by atoms with Gasteiger partial charge < -0.3 is 4.42 Å². The Hall–Kier alpha value is -3.39. The van der Waals surface area contributed by atoms with Gasteiger partial charge in [-0.05, 0) is 59.0 Å². The maximum atomic E-state index is 8.38. The Labute approximate surface area is 185 Å². The lowest BCUT2D eigenvalue weighted by atomic mass is 9.76. The highest BCUT2D eigenvalue weighted by atomic mass is 16.3. The molecule has 0 aliphatic carbocycles. The number of aromatic nitrogens is 1. The van der Waals surface area contributed by atoms with Crippen molar-refractivity contribution in [3.63, 3.8) is 0 Å². The predicted molar refractivity (Wildman–Crippen MR) is 130 cm³/mol. The molecule has 2 nitrogen and oxygen atoms in total. The van der Waals surface area contributed by atoms with Gasteiger partial charge in [0.25, 0.3) is 0 Å². The molecule has 0 spiro atoms. The maximum absolute atomic E-state index is 8.38. The minimum Gasteiger partial charge on any atom is -0.456 e. The van der Waals surface area contributed by atoms with E-state index in [4.69, 9.17) is 5.79 Å². The van der Waals surface area contributed by atoms with E-state index in [0.29, 0.717) is 0 Å². The van der Waals surface area contributed by atoms with Crippen molar-refractivity contribution in [2.45, 2.75) is 39.0 Å². The van der Waals surface area contributed by atoms with Crippen molar-refractivity contribution in [3.05, 3.63) is 102 Å². The summed E-state index contributed by atoms with van der Waals surface area (Å²) in [5.41, 5.74) is 6.95. The molecule has 0 aliphatic rings. The quantitative estimate of drug-likeness (QED) is 0.301. The Kier molecular flexibility index (Phi) is 4.38. The first-order chi connectivity index (χ1) is 15.2. The van der Waals surface area contributed by atoms with Gasteiger partial charge in [0.1, 0.15) is 11.2 Å². The molecule has 0 radical (unpaired) electrons. The van der Waals surface area contributed by atoms with Crippen molar-refractivity contribution in [1.82, 2.24) is 4.98 Å². The fourth-order valence-corrected chi connectivity index (χ4v) is 4.42. The molecule has 0 N–H and O–H groups in total. The first-order valence-corrected chi connectivity index (χ1v) is 10.7. The van der Waals surface area contributed by atoms with Crippen LogP contribution in [-0.2, 0) is 5.41 Å². The van der Waals surface area contributed by atoms with E-state index >= 15 is 0 Å². The largest absolute Gasteiger partial charge is 0.456 e. The number of hydrogen-bond acceptors (Lipinski definition) is 2. The number of fused-ring (bicyclic) bond motifs is 3. The van der Waals surface area contributed by atoms with Gasteiger partial charge in [-0.2, -0.15) is 0 Å². The number of furan rings is 1. The molecular formula is C29H27NO. The monoisotopic (exact) mass is 406 g/mol. The van der Waals surface area contributed by atoms with Crippen LogP contribution < -0.4 is 0 Å². The Balaban J connectivity index is 1.73. The fraction of sp³-hybridized carbons (Fsp3) is 0.207. The average molecular weight is 407 g/mol. The van der Waals surface area contributed by atoms with E-state index in [9.17, 15) is 0 Å². The Morgan fingerprint density at radius 2 is 1.68 bits per heavy atom. The van der Waals surface area contributed by atoms with Crippen LogP contribution in [0.3, 0.4) is 0 Å². The van der Waals surface area contributed by atoms with Gasteiger partial charge in [0.05, 0.1) is 5.69 Å². The number of rotatable bonds is 4. The van der Waals surface area contributed by atoms with E-state index < -0.39 is 5.89 Å². The van der Waals surface area contributed by atoms with Crippen LogP contribution >= 0.6 is 0 Å². The molecule has 0 fully saturated rings. The standard InChI is InChI=1S/C29H27NO/c1-19(2)20-15-16-30-25(18-20)21-13-14-26-23(17-21)28-24(11-8-12-27(28)31-26)29(3,4)22-9-6-5-7-10-22/h5-19H,1-4H3/i19D. The third-order valence-electron chi connectivity index (χ3n) is 6.30. The molecule has 5 rings (SSSR count). The molecule has 5 aromatic rings. The van der Waals surface area contributed by atoms with Crippen molar-refractivity contribution in [1.29, 1.82) is 0 Å². The molecule has 0 atom stereocenters. The molecule has 3 aromatic carbocycles. The number of hydrogen-bond donors (Lipinski definition) is 0. The van der Waals surface area contributed by atoms with E-state index in [2.05, 4.69) is 73.4 Å². The lowest BCUT2D eigenvalue weighted by Crippen LogP contribution is -2.19. The minimum atomic E-state index is -0.670. The van der Waals surface area contributed by atoms with E-state index in [0.717, 1.165) is 38.8 Å². The van der Waals surface area contributed by atoms with Crippen molar-refractivity contribution in [3.8, 4) is 11.3 Å². The summed E-state index contributed by atoms with van der Waals surface area (Å²) in [7, 11) is 0. The molecular weight excluding hydrogens is 378 g/mol. The lowest BCUT2D eigenvalue weighted by Gasteiger charge is -2.27. The summed E-state index contributed by atoms with van der Waals surface area (Å²) < 4.78 is 14.6. The van der Waals surface area contributed by atoms with E-state index in [1.54, 1.807) is 6.20 Å². The molecule has 31 heavy (non-hydrogen) atoms. The van der Waals surface area contributed by atoms with Gasteiger partial charge in [-0.3, -0.25) is 4.98 Å². The molecule has 0 saturated carbocycles. The third kappa shape index (κ3) is 3.33. The van der Waals surface area contributed by atoms with Gasteiger partial charge in [-0.25, -0.2) is 0 Å². The van der Waals surface area contributed by atoms with Crippen LogP contribution in [0.15, 0.2) is 89.5 Å². The SMILES string of the molecule is [2H]C(C)(C)c1ccnc(-c2ccc3oc4cccc(C(C)(C)c5ccccc5)c4c3c2)c1. The third-order valence-corrected chi connectivity index (χ3v) is 6.30. The highest BCUT2D eigenvalue weighted by Gasteiger charge is 2.27. The van der Waals surface area contributed by atoms with Crippen LogP contribution in [0.4, 0.5) is 0 Å². The summed E-state index contributed by atoms with van der Waals surface area (Å²) in [4.78, 5) is 4.60. The van der Waals surface area contributed by atoms with Gasteiger partial charge in [0.2, 0.25) is 0 Å². The van der Waals surface area contributed by atoms with Crippen LogP contribution in [-0.4, -0.2) is 4.98 Å². The molecule has 2 heterocycles. The second-order valence-electron chi connectivity index (χ2n) is 8.91. The van der Waals surface area contributed by atoms with Crippen LogP contribution in [0.2, 0.25) is 0 Å². The highest BCUT2D eigenvalue weighted by molar-refractivity contribution is 6.08. The molecule has 154 valence electrons. The second kappa shape index (κ2) is 7.39. The van der Waals surface area contributed by atoms with E-state index in [1.165, 1.54) is 11.1 Å². The molecule has 0 amide bonds. The highest BCUT2D eigenvalue weighted by Crippen LogP contribution is 2.41. The number of benzene rings is 3. The molecule has 0 aliphatic heterocycles. The van der Waals surface area contributed by atoms with Crippen LogP contribution in [0.1, 0.15) is 51.7 Å². The zero-order valence-electron chi connectivity index (χ0n) is 19.4. The minimum absolute atomic E-state index is 0.180. The maximum Gasteiger partial charge on any atom is 0.135 e. The summed E-state index contributed by atoms with van der Waals surface area (Å²) in [6.45, 7) is 8.33. The van der Waals surface area contributed by atoms with Crippen molar-refractivity contribution >= 4 is 21.9 Å². The number of pyridine rings is 1. The van der Waals surface area contributed by atoms with Crippen LogP contribution in [0.25, 0.3) is 33.2 Å². The van der Waals surface area contributed by atoms with Gasteiger partial charge in [0, 0.05) is 29.3 Å². The average Bonchev–Trinajstić information content (AvgIpc) is 3.17. The van der Waals surface area contributed by atoms with Crippen molar-refractivity contribution in [2.75, 3.05) is 0 Å². The molecule has 0 saturated heterocycles. The first kappa shape index (κ1) is 18.4. The Morgan fingerprint density at radius 1 is 0.871 bits per heavy atom. The molecule has 0 bridgehead atoms. The van der Waals surface area contributed by atoms with Crippen LogP contribution in [0, 0.1) is 0 Å². The lowest BCUT2D eigenvalue weighted by molar-refractivity contribution is 0.642. The van der Waals surface area contributed by atoms with E-state index in [-0.39, 0.29) is 5.41 Å². The normalized spacial score (nSPS) is 13.0. The Bertz CT molecular complexity index is 1420. The molecule has 2 heteroatoms. The Morgan fingerprint density at radius 3 is 2.45 bits per heavy atom. The summed E-state index contributed by atoms with van der Waals surface area (Å²) in [6.07, 6.45) is 1.79. The summed E-state index contributed by atoms with van der Waals surface area (Å²) >= 11 is 0. The van der Waals surface area contributed by atoms with Gasteiger partial charge in [-0.1, -0.05) is 70.2 Å². The van der Waals surface area contributed by atoms with Crippen molar-refractivity contribution < 1.29 is 5.79 Å². The van der Waals surface area contributed by atoms with Crippen molar-refractivity contribution in [2.24, 2.45) is 0 Å². The van der Waals surface area contributed by atoms with Gasteiger partial charge >= 0.3 is 0 Å². The fourth-order valence-electron chi connectivity index (χ4n) is 4.42. The smallest absolute Gasteiger partial charge is 0.135 e. The summed E-state index contributed by atoms with van der Waals surface area (Å²) in [6, 6.07) is 27.1. The summed E-state index contributed by atoms with van der Waals surface area (Å²) in [5.74, 6) is -0.670. The first-order valence-electron chi connectivity index (χ1n) is 11.2. The second-order valence-corrected chi connectivity index (χ2v) is 8.91. The molecule has 2 aromatic heterocycles. The predicted octanol–water partition coefficient (Wildman–Crippen LogP) is 8.10. The zero-order chi connectivity index (χ0) is 22.5. The summed E-state index contributed by atoms with van der Waals surface area (Å²) in [5, 5.41) is 2.24. The molecule has 0 unspecified atom stereocenters. The zero-order valence-corrected chi connectivity index (χ0v) is 18.4. The van der Waals surface area contributed by atoms with E-state index in [1.807, 2.05) is 38.1 Å². The van der Waals surface area contributed by atoms with Crippen LogP contribution in [0.5, 0.6) is 0 Å².